The highest BCUT2D eigenvalue weighted by Gasteiger charge is 2.44. The number of ether oxygens (including phenoxy) is 1. The zero-order chi connectivity index (χ0) is 53.8. The summed E-state index contributed by atoms with van der Waals surface area (Å²) in [6.45, 7) is 10.7. The maximum Gasteiger partial charge on any atom is 0.274 e. The molecule has 2 aliphatic heterocycles. The van der Waals surface area contributed by atoms with Gasteiger partial charge in [-0.3, -0.25) is 29.1 Å². The molecule has 3 aromatic carbocycles. The van der Waals surface area contributed by atoms with Crippen LogP contribution in [-0.2, 0) is 25.7 Å². The molecule has 2 saturated heterocycles. The first-order valence-corrected chi connectivity index (χ1v) is 27.2. The fraction of sp³-hybridized carbons (Fsp3) is 0.414. The Morgan fingerprint density at radius 3 is 2.25 bits per heavy atom. The summed E-state index contributed by atoms with van der Waals surface area (Å²) in [6.07, 6.45) is 6.85. The molecular formula is C58H70N10O7S. The van der Waals surface area contributed by atoms with Gasteiger partial charge in [0.1, 0.15) is 23.5 Å². The Morgan fingerprint density at radius 1 is 0.842 bits per heavy atom. The number of anilines is 2. The lowest BCUT2D eigenvalue weighted by Gasteiger charge is -2.36. The summed E-state index contributed by atoms with van der Waals surface area (Å²) in [5, 5.41) is 26.3. The highest BCUT2D eigenvalue weighted by atomic mass is 32.1. The van der Waals surface area contributed by atoms with Gasteiger partial charge in [0.05, 0.1) is 46.4 Å². The average molecular weight is 1050 g/mol. The van der Waals surface area contributed by atoms with E-state index in [0.29, 0.717) is 48.8 Å². The molecule has 2 aliphatic rings. The molecule has 400 valence electrons. The summed E-state index contributed by atoms with van der Waals surface area (Å²) in [7, 11) is 1.57. The lowest BCUT2D eigenvalue weighted by molar-refractivity contribution is -0.144. The number of pyridine rings is 1. The van der Waals surface area contributed by atoms with E-state index in [0.717, 1.165) is 83.7 Å². The Labute approximate surface area is 448 Å². The molecule has 0 aliphatic carbocycles. The quantitative estimate of drug-likeness (QED) is 0.0432. The molecular weight excluding hydrogens is 981 g/mol. The van der Waals surface area contributed by atoms with Crippen molar-refractivity contribution in [3.63, 3.8) is 0 Å². The molecule has 0 unspecified atom stereocenters. The Kier molecular flexibility index (Phi) is 18.3. The van der Waals surface area contributed by atoms with Gasteiger partial charge in [0, 0.05) is 70.4 Å². The van der Waals surface area contributed by atoms with Crippen LogP contribution >= 0.6 is 11.3 Å². The van der Waals surface area contributed by atoms with Crippen LogP contribution in [0.3, 0.4) is 0 Å². The van der Waals surface area contributed by atoms with Crippen LogP contribution in [0.25, 0.3) is 33.0 Å². The van der Waals surface area contributed by atoms with Crippen LogP contribution < -0.4 is 25.6 Å². The number of H-pyrrole nitrogens is 1. The third kappa shape index (κ3) is 14.1. The van der Waals surface area contributed by atoms with Gasteiger partial charge in [-0.1, -0.05) is 95.0 Å². The van der Waals surface area contributed by atoms with E-state index < -0.39 is 23.6 Å². The molecule has 17 nitrogen and oxygen atoms in total. The van der Waals surface area contributed by atoms with Crippen molar-refractivity contribution in [2.24, 2.45) is 5.41 Å². The number of benzene rings is 3. The number of aryl methyl sites for hydroxylation is 1. The monoisotopic (exact) mass is 1050 g/mol. The van der Waals surface area contributed by atoms with Crippen LogP contribution in [0.5, 0.6) is 5.75 Å². The van der Waals surface area contributed by atoms with Crippen LogP contribution in [0.4, 0.5) is 11.4 Å². The minimum atomic E-state index is -0.873. The van der Waals surface area contributed by atoms with Gasteiger partial charge in [-0.2, -0.15) is 5.10 Å². The molecule has 5 N–H and O–H groups in total. The maximum absolute atomic E-state index is 14.1. The number of aliphatic hydroxyl groups excluding tert-OH is 1. The SMILES string of the molecule is COc1cc(-c2cccc(N3CCN(C(=O)CCCCCCCCC(=O)N[C@H](C(=O)N4C[C@H](O)C[C@H]4C(=O)NCc4ccc(-c5scnc5C)cc4)C(C)(C)C)CC3)c2)ccc1NC(=O)c1cccc(-c2ccn[nH]2)n1. The third-order valence-electron chi connectivity index (χ3n) is 14.1. The molecule has 5 heterocycles. The van der Waals surface area contributed by atoms with E-state index in [1.807, 2.05) is 98.8 Å². The van der Waals surface area contributed by atoms with Crippen LogP contribution in [0.1, 0.15) is 100 Å². The number of β-amino-alcohol motifs (C(OH)–C–C–N with tert-alkyl or cyclic N) is 1. The number of hydrogen-bond acceptors (Lipinski definition) is 12. The first kappa shape index (κ1) is 54.8. The van der Waals surface area contributed by atoms with E-state index in [1.54, 1.807) is 42.8 Å². The van der Waals surface area contributed by atoms with Gasteiger partial charge in [0.15, 0.2) is 0 Å². The Morgan fingerprint density at radius 2 is 1.55 bits per heavy atom. The molecule has 5 amide bonds. The highest BCUT2D eigenvalue weighted by molar-refractivity contribution is 7.13. The van der Waals surface area contributed by atoms with Crippen LogP contribution in [-0.4, -0.2) is 123 Å². The summed E-state index contributed by atoms with van der Waals surface area (Å²) >= 11 is 1.58. The predicted molar refractivity (Wildman–Crippen MR) is 296 cm³/mol. The van der Waals surface area contributed by atoms with Gasteiger partial charge in [0.2, 0.25) is 23.6 Å². The first-order valence-electron chi connectivity index (χ1n) is 26.3. The number of rotatable bonds is 21. The number of carbonyl (C=O) groups excluding carboxylic acids is 5. The van der Waals surface area contributed by atoms with Crippen molar-refractivity contribution >= 4 is 52.2 Å². The van der Waals surface area contributed by atoms with Crippen molar-refractivity contribution in [3.05, 3.63) is 120 Å². The van der Waals surface area contributed by atoms with E-state index in [4.69, 9.17) is 4.74 Å². The fourth-order valence-electron chi connectivity index (χ4n) is 9.81. The fourth-order valence-corrected chi connectivity index (χ4v) is 10.6. The van der Waals surface area contributed by atoms with Gasteiger partial charge in [-0.05, 0) is 89.9 Å². The van der Waals surface area contributed by atoms with Gasteiger partial charge < -0.3 is 40.5 Å². The third-order valence-corrected chi connectivity index (χ3v) is 15.1. The Hall–Kier alpha value is -7.44. The van der Waals surface area contributed by atoms with E-state index >= 15 is 0 Å². The standard InChI is InChI=1S/C58H70N10O7S/c1-38-53(76-37-60-38)40-22-20-39(21-23-40)35-59-56(73)49-34-44(69)36-68(49)57(74)54(58(2,3)4)64-51(70)18-10-8-6-7-9-11-19-52(71)67-30-28-66(29-31-67)43-15-12-14-41(32-43)42-24-25-47(50(33-42)75-5)63-55(72)48-17-13-16-45(62-48)46-26-27-61-65-46/h12-17,20-27,32-33,37,44,49,54,69H,6-11,18-19,28-31,34-36H2,1-5H3,(H,59,73)(H,61,65)(H,63,72)(H,64,70)/t44-,49+,54-/m1/s1. The number of amides is 5. The number of methoxy groups -OCH3 is 1. The molecule has 0 bridgehead atoms. The number of carbonyl (C=O) groups is 5. The molecule has 3 atom stereocenters. The summed E-state index contributed by atoms with van der Waals surface area (Å²) < 4.78 is 5.71. The average Bonchev–Trinajstić information content (AvgIpc) is 4.24. The first-order chi connectivity index (χ1) is 36.6. The smallest absolute Gasteiger partial charge is 0.274 e. The number of piperazine rings is 1. The maximum atomic E-state index is 14.1. The van der Waals surface area contributed by atoms with Gasteiger partial charge in [0.25, 0.3) is 5.91 Å². The number of unbranched alkanes of at least 4 members (excludes halogenated alkanes) is 5. The van der Waals surface area contributed by atoms with E-state index in [2.05, 4.69) is 53.1 Å². The second kappa shape index (κ2) is 25.4. The van der Waals surface area contributed by atoms with Gasteiger partial charge in [-0.25, -0.2) is 9.97 Å². The topological polar surface area (TPSA) is 215 Å². The van der Waals surface area contributed by atoms with Crippen LogP contribution in [0.15, 0.2) is 103 Å². The number of thiazole rings is 1. The summed E-state index contributed by atoms with van der Waals surface area (Å²) in [5.41, 5.74) is 9.24. The van der Waals surface area contributed by atoms with E-state index in [9.17, 15) is 29.1 Å². The number of nitrogens with one attached hydrogen (secondary N) is 4. The lowest BCUT2D eigenvalue weighted by atomic mass is 9.85. The van der Waals surface area contributed by atoms with Crippen molar-refractivity contribution in [2.45, 2.75) is 110 Å². The van der Waals surface area contributed by atoms with Crippen LogP contribution in [0, 0.1) is 12.3 Å². The zero-order valence-electron chi connectivity index (χ0n) is 44.1. The van der Waals surface area contributed by atoms with Crippen molar-refractivity contribution in [3.8, 4) is 38.7 Å². The zero-order valence-corrected chi connectivity index (χ0v) is 45.0. The molecule has 0 radical (unpaired) electrons. The minimum absolute atomic E-state index is 0.0191. The number of hydrogen-bond donors (Lipinski definition) is 5. The van der Waals surface area contributed by atoms with Crippen LogP contribution in [0.2, 0.25) is 0 Å². The van der Waals surface area contributed by atoms with Crippen molar-refractivity contribution in [1.82, 2.24) is 40.6 Å². The lowest BCUT2D eigenvalue weighted by Crippen LogP contribution is -2.57. The molecule has 76 heavy (non-hydrogen) atoms. The highest BCUT2D eigenvalue weighted by Crippen LogP contribution is 2.34. The second-order valence-corrected chi connectivity index (χ2v) is 21.6. The number of aromatic nitrogens is 4. The number of likely N-dealkylation sites (tertiary alicyclic amines) is 1. The molecule has 0 spiro atoms. The molecule has 8 rings (SSSR count). The molecule has 0 saturated carbocycles. The molecule has 3 aromatic heterocycles. The van der Waals surface area contributed by atoms with E-state index in [1.165, 1.54) is 4.90 Å². The summed E-state index contributed by atoms with van der Waals surface area (Å²) in [6, 6.07) is 27.2. The molecule has 18 heteroatoms. The van der Waals surface area contributed by atoms with Gasteiger partial charge >= 0.3 is 0 Å². The predicted octanol–water partition coefficient (Wildman–Crippen LogP) is 8.41. The van der Waals surface area contributed by atoms with Gasteiger partial charge in [-0.15, -0.1) is 11.3 Å². The number of aliphatic hydroxyl groups is 1. The van der Waals surface area contributed by atoms with Crippen molar-refractivity contribution in [1.29, 1.82) is 0 Å². The Bertz CT molecular complexity index is 2950. The molecule has 6 aromatic rings. The summed E-state index contributed by atoms with van der Waals surface area (Å²) in [5.74, 6) is -0.604. The number of nitrogens with zero attached hydrogens (tertiary/aromatic N) is 6. The number of aromatic amines is 1. The second-order valence-electron chi connectivity index (χ2n) is 20.7. The largest absolute Gasteiger partial charge is 0.495 e. The Balaban J connectivity index is 0.716. The van der Waals surface area contributed by atoms with Crippen molar-refractivity contribution in [2.75, 3.05) is 50.1 Å². The summed E-state index contributed by atoms with van der Waals surface area (Å²) in [4.78, 5) is 82.9. The minimum Gasteiger partial charge on any atom is -0.495 e. The normalized spacial score (nSPS) is 16.1. The molecule has 2 fully saturated rings. The van der Waals surface area contributed by atoms with E-state index in [-0.39, 0.29) is 61.2 Å². The van der Waals surface area contributed by atoms with Crippen molar-refractivity contribution < 1.29 is 33.8 Å².